The van der Waals surface area contributed by atoms with Crippen LogP contribution in [0.15, 0.2) is 24.3 Å². The molecule has 0 bridgehead atoms. The maximum absolute atomic E-state index is 11.8. The van der Waals surface area contributed by atoms with E-state index in [0.29, 0.717) is 17.1 Å². The maximum Gasteiger partial charge on any atom is 0.339 e. The normalized spacial score (nSPS) is 17.1. The van der Waals surface area contributed by atoms with Gasteiger partial charge in [-0.25, -0.2) is 4.79 Å². The third-order valence-electron chi connectivity index (χ3n) is 3.11. The van der Waals surface area contributed by atoms with Gasteiger partial charge in [0, 0.05) is 5.56 Å². The van der Waals surface area contributed by atoms with Crippen LogP contribution < -0.4 is 9.47 Å². The predicted molar refractivity (Wildman–Crippen MR) is 67.1 cm³/mol. The van der Waals surface area contributed by atoms with Crippen LogP contribution in [-0.2, 0) is 4.74 Å². The molecule has 0 N–H and O–H groups in total. The highest BCUT2D eigenvalue weighted by atomic mass is 16.5. The molecule has 1 aromatic rings. The van der Waals surface area contributed by atoms with Gasteiger partial charge in [-0.3, -0.25) is 0 Å². The SMILES string of the molecule is C=C(CC)C1OC(=O)c2cc(OC)c(OC)cc21. The molecular weight excluding hydrogens is 232 g/mol. The standard InChI is InChI=1S/C14H16O4/c1-5-8(2)13-9-6-11(16-3)12(17-4)7-10(9)14(15)18-13/h6-7,13H,2,5H2,1,3-4H3. The highest BCUT2D eigenvalue weighted by molar-refractivity contribution is 5.95. The van der Waals surface area contributed by atoms with E-state index in [-0.39, 0.29) is 12.1 Å². The Bertz CT molecular complexity index is 505. The first-order valence-corrected chi connectivity index (χ1v) is 5.76. The summed E-state index contributed by atoms with van der Waals surface area (Å²) in [7, 11) is 3.10. The van der Waals surface area contributed by atoms with Gasteiger partial charge < -0.3 is 14.2 Å². The fourth-order valence-electron chi connectivity index (χ4n) is 2.01. The highest BCUT2D eigenvalue weighted by Gasteiger charge is 2.33. The van der Waals surface area contributed by atoms with E-state index >= 15 is 0 Å². The number of methoxy groups -OCH3 is 2. The van der Waals surface area contributed by atoms with Gasteiger partial charge in [-0.05, 0) is 24.1 Å². The Balaban J connectivity index is 2.53. The molecule has 4 nitrogen and oxygen atoms in total. The van der Waals surface area contributed by atoms with Crippen molar-refractivity contribution in [1.82, 2.24) is 0 Å². The van der Waals surface area contributed by atoms with Crippen LogP contribution >= 0.6 is 0 Å². The highest BCUT2D eigenvalue weighted by Crippen LogP contribution is 2.41. The lowest BCUT2D eigenvalue weighted by atomic mass is 9.98. The Morgan fingerprint density at radius 1 is 1.33 bits per heavy atom. The van der Waals surface area contributed by atoms with Gasteiger partial charge in [-0.2, -0.15) is 0 Å². The minimum absolute atomic E-state index is 0.342. The van der Waals surface area contributed by atoms with Crippen LogP contribution in [0.2, 0.25) is 0 Å². The Morgan fingerprint density at radius 2 is 1.94 bits per heavy atom. The topological polar surface area (TPSA) is 44.8 Å². The van der Waals surface area contributed by atoms with Crippen LogP contribution in [0.3, 0.4) is 0 Å². The van der Waals surface area contributed by atoms with E-state index in [1.54, 1.807) is 19.2 Å². The summed E-state index contributed by atoms with van der Waals surface area (Å²) in [6.45, 7) is 5.92. The number of ether oxygens (including phenoxy) is 3. The monoisotopic (exact) mass is 248 g/mol. The van der Waals surface area contributed by atoms with Gasteiger partial charge in [0.1, 0.15) is 6.10 Å². The van der Waals surface area contributed by atoms with Crippen molar-refractivity contribution in [3.05, 3.63) is 35.4 Å². The van der Waals surface area contributed by atoms with Crippen molar-refractivity contribution in [3.8, 4) is 11.5 Å². The third kappa shape index (κ3) is 1.83. The van der Waals surface area contributed by atoms with Crippen LogP contribution in [0.5, 0.6) is 11.5 Å². The number of fused-ring (bicyclic) bond motifs is 1. The van der Waals surface area contributed by atoms with E-state index < -0.39 is 0 Å². The molecule has 1 unspecified atom stereocenters. The summed E-state index contributed by atoms with van der Waals surface area (Å²) in [4.78, 5) is 11.8. The lowest BCUT2D eigenvalue weighted by molar-refractivity contribution is 0.0446. The minimum Gasteiger partial charge on any atom is -0.493 e. The summed E-state index contributed by atoms with van der Waals surface area (Å²) in [6, 6.07) is 3.43. The Kier molecular flexibility index (Phi) is 3.28. The molecule has 1 aliphatic rings. The molecule has 1 atom stereocenters. The minimum atomic E-state index is -0.377. The molecule has 2 rings (SSSR count). The number of cyclic esters (lactones) is 1. The molecule has 1 heterocycles. The fourth-order valence-corrected chi connectivity index (χ4v) is 2.01. The molecule has 1 aromatic carbocycles. The largest absolute Gasteiger partial charge is 0.493 e. The summed E-state index contributed by atoms with van der Waals surface area (Å²) < 4.78 is 15.7. The summed E-state index contributed by atoms with van der Waals surface area (Å²) in [5.41, 5.74) is 2.19. The van der Waals surface area contributed by atoms with Crippen LogP contribution in [0.1, 0.15) is 35.4 Å². The molecule has 96 valence electrons. The number of carbonyl (C=O) groups is 1. The summed E-state index contributed by atoms with van der Waals surface area (Å²) >= 11 is 0. The van der Waals surface area contributed by atoms with Crippen molar-refractivity contribution >= 4 is 5.97 Å². The number of rotatable bonds is 4. The fraction of sp³-hybridized carbons (Fsp3) is 0.357. The first-order valence-electron chi connectivity index (χ1n) is 5.76. The molecule has 0 spiro atoms. The lowest BCUT2D eigenvalue weighted by Gasteiger charge is -2.13. The van der Waals surface area contributed by atoms with Crippen molar-refractivity contribution in [1.29, 1.82) is 0 Å². The zero-order chi connectivity index (χ0) is 13.3. The smallest absolute Gasteiger partial charge is 0.339 e. The molecule has 0 aromatic heterocycles. The van der Waals surface area contributed by atoms with Gasteiger partial charge in [-0.15, -0.1) is 0 Å². The number of hydrogen-bond acceptors (Lipinski definition) is 4. The van der Waals surface area contributed by atoms with E-state index in [2.05, 4.69) is 6.58 Å². The molecule has 1 aliphatic heterocycles. The molecule has 0 radical (unpaired) electrons. The second kappa shape index (κ2) is 4.72. The van der Waals surface area contributed by atoms with Gasteiger partial charge in [0.15, 0.2) is 11.5 Å². The van der Waals surface area contributed by atoms with E-state index in [9.17, 15) is 4.79 Å². The molecule has 0 aliphatic carbocycles. The van der Waals surface area contributed by atoms with Crippen molar-refractivity contribution in [2.45, 2.75) is 19.4 Å². The number of carbonyl (C=O) groups excluding carboxylic acids is 1. The average molecular weight is 248 g/mol. The lowest BCUT2D eigenvalue weighted by Crippen LogP contribution is -2.00. The van der Waals surface area contributed by atoms with E-state index in [0.717, 1.165) is 17.6 Å². The Hall–Kier alpha value is -1.97. The van der Waals surface area contributed by atoms with Crippen LogP contribution in [-0.4, -0.2) is 20.2 Å². The maximum atomic E-state index is 11.8. The summed E-state index contributed by atoms with van der Waals surface area (Å²) in [5.74, 6) is 0.768. The van der Waals surface area contributed by atoms with Crippen LogP contribution in [0, 0.1) is 0 Å². The Morgan fingerprint density at radius 3 is 2.50 bits per heavy atom. The van der Waals surface area contributed by atoms with Crippen molar-refractivity contribution in [2.24, 2.45) is 0 Å². The number of benzene rings is 1. The first kappa shape index (κ1) is 12.5. The van der Waals surface area contributed by atoms with Crippen molar-refractivity contribution < 1.29 is 19.0 Å². The zero-order valence-corrected chi connectivity index (χ0v) is 10.8. The molecule has 0 fully saturated rings. The second-order valence-electron chi connectivity index (χ2n) is 4.09. The van der Waals surface area contributed by atoms with E-state index in [4.69, 9.17) is 14.2 Å². The molecule has 4 heteroatoms. The molecular formula is C14H16O4. The van der Waals surface area contributed by atoms with Crippen molar-refractivity contribution in [3.63, 3.8) is 0 Å². The van der Waals surface area contributed by atoms with E-state index in [1.165, 1.54) is 7.11 Å². The zero-order valence-electron chi connectivity index (χ0n) is 10.8. The second-order valence-corrected chi connectivity index (χ2v) is 4.09. The molecule has 0 saturated heterocycles. The van der Waals surface area contributed by atoms with Crippen LogP contribution in [0.4, 0.5) is 0 Å². The van der Waals surface area contributed by atoms with Gasteiger partial charge in [0.2, 0.25) is 0 Å². The quantitative estimate of drug-likeness (QED) is 0.607. The third-order valence-corrected chi connectivity index (χ3v) is 3.11. The van der Waals surface area contributed by atoms with Gasteiger partial charge >= 0.3 is 5.97 Å². The predicted octanol–water partition coefficient (Wildman–Crippen LogP) is 2.88. The summed E-state index contributed by atoms with van der Waals surface area (Å²) in [5, 5.41) is 0. The average Bonchev–Trinajstić information content (AvgIpc) is 2.73. The molecule has 0 saturated carbocycles. The summed E-state index contributed by atoms with van der Waals surface area (Å²) in [6.07, 6.45) is 0.378. The van der Waals surface area contributed by atoms with Gasteiger partial charge in [0.05, 0.1) is 19.8 Å². The Labute approximate surface area is 106 Å². The van der Waals surface area contributed by atoms with Crippen molar-refractivity contribution in [2.75, 3.05) is 14.2 Å². The molecule has 18 heavy (non-hydrogen) atoms. The van der Waals surface area contributed by atoms with E-state index in [1.807, 2.05) is 6.92 Å². The van der Waals surface area contributed by atoms with Crippen LogP contribution in [0.25, 0.3) is 0 Å². The molecule has 0 amide bonds. The van der Waals surface area contributed by atoms with Gasteiger partial charge in [0.25, 0.3) is 0 Å². The number of hydrogen-bond donors (Lipinski definition) is 0. The first-order chi connectivity index (χ1) is 8.62. The number of esters is 1. The van der Waals surface area contributed by atoms with Gasteiger partial charge in [-0.1, -0.05) is 13.5 Å².